The zero-order valence-electron chi connectivity index (χ0n) is 15.0. The molecule has 5 nitrogen and oxygen atoms in total. The number of amides is 1. The summed E-state index contributed by atoms with van der Waals surface area (Å²) in [5.74, 6) is -0.612. The molecule has 0 saturated carbocycles. The number of pyridine rings is 1. The van der Waals surface area contributed by atoms with Gasteiger partial charge in [0.1, 0.15) is 5.82 Å². The summed E-state index contributed by atoms with van der Waals surface area (Å²) in [7, 11) is 0. The fraction of sp³-hybridized carbons (Fsp3) is 0.316. The lowest BCUT2D eigenvalue weighted by molar-refractivity contribution is -0.119. The number of benzene rings is 1. The number of carbonyl (C=O) groups excluding carboxylic acids is 2. The van der Waals surface area contributed by atoms with Gasteiger partial charge in [-0.1, -0.05) is 11.6 Å². The molecule has 0 spiro atoms. The molecule has 1 heterocycles. The van der Waals surface area contributed by atoms with E-state index in [1.54, 1.807) is 12.1 Å². The van der Waals surface area contributed by atoms with Gasteiger partial charge in [-0.15, -0.1) is 0 Å². The largest absolute Gasteiger partial charge is 0.452 e. The Kier molecular flexibility index (Phi) is 5.80. The molecule has 1 aromatic carbocycles. The maximum atomic E-state index is 12.5. The van der Waals surface area contributed by atoms with Crippen molar-refractivity contribution >= 4 is 29.3 Å². The molecular formula is C19H21ClN2O3. The molecular weight excluding hydrogens is 340 g/mol. The first-order valence-electron chi connectivity index (χ1n) is 7.87. The van der Waals surface area contributed by atoms with Crippen LogP contribution in [0.3, 0.4) is 0 Å². The van der Waals surface area contributed by atoms with Gasteiger partial charge in [0.25, 0.3) is 5.91 Å². The molecule has 0 bridgehead atoms. The molecule has 0 fully saturated rings. The Morgan fingerprint density at radius 1 is 1.00 bits per heavy atom. The average molecular weight is 361 g/mol. The third-order valence-electron chi connectivity index (χ3n) is 4.53. The van der Waals surface area contributed by atoms with Gasteiger partial charge < -0.3 is 10.1 Å². The van der Waals surface area contributed by atoms with Gasteiger partial charge in [0.2, 0.25) is 0 Å². The molecule has 1 aromatic heterocycles. The fourth-order valence-electron chi connectivity index (χ4n) is 2.64. The standard InChI is InChI=1S/C19H21ClN2O3/c1-10-11(2)13(4)18(14(5)12(10)3)19(24)25-9-17(23)22-16-7-6-15(20)8-21-16/h6-8H,9H2,1-5H3,(H,21,22,23). The molecule has 1 amide bonds. The number of esters is 1. The van der Waals surface area contributed by atoms with Crippen LogP contribution in [0, 0.1) is 34.6 Å². The number of anilines is 1. The minimum absolute atomic E-state index is 0.347. The van der Waals surface area contributed by atoms with E-state index in [-0.39, 0.29) is 6.61 Å². The van der Waals surface area contributed by atoms with Crippen LogP contribution in [0.25, 0.3) is 0 Å². The summed E-state index contributed by atoms with van der Waals surface area (Å²) in [6.07, 6.45) is 1.42. The van der Waals surface area contributed by atoms with Crippen molar-refractivity contribution in [3.8, 4) is 0 Å². The first-order chi connectivity index (χ1) is 11.7. The van der Waals surface area contributed by atoms with E-state index in [0.29, 0.717) is 16.4 Å². The van der Waals surface area contributed by atoms with E-state index in [1.165, 1.54) is 6.20 Å². The maximum absolute atomic E-state index is 12.5. The molecule has 6 heteroatoms. The van der Waals surface area contributed by atoms with Crippen molar-refractivity contribution in [2.24, 2.45) is 0 Å². The van der Waals surface area contributed by atoms with Crippen LogP contribution in [-0.4, -0.2) is 23.5 Å². The second-order valence-electron chi connectivity index (χ2n) is 5.99. The maximum Gasteiger partial charge on any atom is 0.339 e. The van der Waals surface area contributed by atoms with E-state index >= 15 is 0 Å². The number of rotatable bonds is 4. The Bertz CT molecular complexity index is 801. The summed E-state index contributed by atoms with van der Waals surface area (Å²) in [6.45, 7) is 9.39. The second kappa shape index (κ2) is 7.66. The van der Waals surface area contributed by atoms with Crippen LogP contribution in [0.15, 0.2) is 18.3 Å². The van der Waals surface area contributed by atoms with Gasteiger partial charge in [-0.05, 0) is 74.6 Å². The molecule has 2 aromatic rings. The zero-order valence-corrected chi connectivity index (χ0v) is 15.7. The summed E-state index contributed by atoms with van der Waals surface area (Å²) in [5.41, 5.74) is 5.57. The first-order valence-corrected chi connectivity index (χ1v) is 8.25. The number of halogens is 1. The number of nitrogens with one attached hydrogen (secondary N) is 1. The predicted octanol–water partition coefficient (Wildman–Crippen LogP) is 4.07. The van der Waals surface area contributed by atoms with Crippen LogP contribution in [-0.2, 0) is 9.53 Å². The highest BCUT2D eigenvalue weighted by Crippen LogP contribution is 2.26. The Balaban J connectivity index is 2.08. The van der Waals surface area contributed by atoms with Crippen molar-refractivity contribution in [2.75, 3.05) is 11.9 Å². The minimum Gasteiger partial charge on any atom is -0.452 e. The number of carbonyl (C=O) groups is 2. The number of ether oxygens (including phenoxy) is 1. The van der Waals surface area contributed by atoms with Gasteiger partial charge in [0.15, 0.2) is 6.61 Å². The molecule has 0 atom stereocenters. The van der Waals surface area contributed by atoms with Crippen molar-refractivity contribution in [1.29, 1.82) is 0 Å². The lowest BCUT2D eigenvalue weighted by Gasteiger charge is -2.17. The lowest BCUT2D eigenvalue weighted by Crippen LogP contribution is -2.22. The Morgan fingerprint density at radius 2 is 1.56 bits per heavy atom. The second-order valence-corrected chi connectivity index (χ2v) is 6.42. The number of nitrogens with zero attached hydrogens (tertiary/aromatic N) is 1. The molecule has 2 rings (SSSR count). The first kappa shape index (κ1) is 18.9. The SMILES string of the molecule is Cc1c(C)c(C)c(C(=O)OCC(=O)Nc2ccc(Cl)cn2)c(C)c1C. The third kappa shape index (κ3) is 4.17. The summed E-state index contributed by atoms with van der Waals surface area (Å²) < 4.78 is 5.19. The highest BCUT2D eigenvalue weighted by atomic mass is 35.5. The zero-order chi connectivity index (χ0) is 18.7. The molecule has 1 N–H and O–H groups in total. The van der Waals surface area contributed by atoms with Gasteiger partial charge in [0.05, 0.1) is 10.6 Å². The van der Waals surface area contributed by atoms with E-state index < -0.39 is 11.9 Å². The van der Waals surface area contributed by atoms with Crippen LogP contribution in [0.4, 0.5) is 5.82 Å². The predicted molar refractivity (Wildman–Crippen MR) is 98.3 cm³/mol. The van der Waals surface area contributed by atoms with E-state index in [1.807, 2.05) is 34.6 Å². The molecule has 0 aliphatic carbocycles. The number of hydrogen-bond donors (Lipinski definition) is 1. The summed E-state index contributed by atoms with van der Waals surface area (Å²) in [6, 6.07) is 3.18. The summed E-state index contributed by atoms with van der Waals surface area (Å²) >= 11 is 5.74. The van der Waals surface area contributed by atoms with Crippen molar-refractivity contribution in [3.63, 3.8) is 0 Å². The van der Waals surface area contributed by atoms with Crippen LogP contribution in [0.2, 0.25) is 5.02 Å². The van der Waals surface area contributed by atoms with Gasteiger partial charge in [0, 0.05) is 6.20 Å². The molecule has 0 aliphatic heterocycles. The Labute approximate surface area is 152 Å². The van der Waals surface area contributed by atoms with Crippen LogP contribution < -0.4 is 5.32 Å². The van der Waals surface area contributed by atoms with Crippen molar-refractivity contribution in [3.05, 3.63) is 56.7 Å². The molecule has 0 radical (unpaired) electrons. The molecule has 0 unspecified atom stereocenters. The van der Waals surface area contributed by atoms with Crippen LogP contribution in [0.1, 0.15) is 38.2 Å². The highest BCUT2D eigenvalue weighted by molar-refractivity contribution is 6.30. The van der Waals surface area contributed by atoms with Gasteiger partial charge >= 0.3 is 5.97 Å². The van der Waals surface area contributed by atoms with Crippen molar-refractivity contribution in [1.82, 2.24) is 4.98 Å². The minimum atomic E-state index is -0.500. The molecule has 132 valence electrons. The molecule has 0 aliphatic rings. The Morgan fingerprint density at radius 3 is 2.08 bits per heavy atom. The van der Waals surface area contributed by atoms with E-state index in [2.05, 4.69) is 10.3 Å². The third-order valence-corrected chi connectivity index (χ3v) is 4.76. The summed E-state index contributed by atoms with van der Waals surface area (Å²) in [5, 5.41) is 3.02. The lowest BCUT2D eigenvalue weighted by atomic mass is 9.90. The number of aromatic nitrogens is 1. The number of hydrogen-bond acceptors (Lipinski definition) is 4. The van der Waals surface area contributed by atoms with Gasteiger partial charge in [-0.3, -0.25) is 4.79 Å². The van der Waals surface area contributed by atoms with Crippen LogP contribution in [0.5, 0.6) is 0 Å². The fourth-order valence-corrected chi connectivity index (χ4v) is 2.75. The highest BCUT2D eigenvalue weighted by Gasteiger charge is 2.20. The topological polar surface area (TPSA) is 68.3 Å². The van der Waals surface area contributed by atoms with Crippen LogP contribution >= 0.6 is 11.6 Å². The van der Waals surface area contributed by atoms with E-state index in [4.69, 9.17) is 16.3 Å². The molecule has 25 heavy (non-hydrogen) atoms. The monoisotopic (exact) mass is 360 g/mol. The summed E-state index contributed by atoms with van der Waals surface area (Å²) in [4.78, 5) is 28.4. The normalized spacial score (nSPS) is 10.5. The van der Waals surface area contributed by atoms with Crippen molar-refractivity contribution in [2.45, 2.75) is 34.6 Å². The van der Waals surface area contributed by atoms with Crippen molar-refractivity contribution < 1.29 is 14.3 Å². The average Bonchev–Trinajstić information content (AvgIpc) is 2.58. The van der Waals surface area contributed by atoms with E-state index in [9.17, 15) is 9.59 Å². The molecule has 0 saturated heterocycles. The van der Waals surface area contributed by atoms with Gasteiger partial charge in [-0.25, -0.2) is 9.78 Å². The Hall–Kier alpha value is -2.40. The quantitative estimate of drug-likeness (QED) is 0.834. The smallest absolute Gasteiger partial charge is 0.339 e. The van der Waals surface area contributed by atoms with E-state index in [0.717, 1.165) is 27.8 Å². The van der Waals surface area contributed by atoms with Gasteiger partial charge in [-0.2, -0.15) is 0 Å².